The van der Waals surface area contributed by atoms with Gasteiger partial charge < -0.3 is 0 Å². The van der Waals surface area contributed by atoms with Crippen LogP contribution in [-0.2, 0) is 22.0 Å². The van der Waals surface area contributed by atoms with E-state index in [1.54, 1.807) is 29.3 Å². The minimum Gasteiger partial charge on any atom is -0.283 e. The molecule has 0 saturated carbocycles. The topological polar surface area (TPSA) is 87.5 Å². The number of nitrogens with zero attached hydrogens (tertiary/aromatic N) is 4. The largest absolute Gasteiger partial charge is 0.416 e. The quantitative estimate of drug-likeness (QED) is 0.158. The molecule has 16 heteroatoms. The van der Waals surface area contributed by atoms with E-state index in [0.717, 1.165) is 35.7 Å². The zero-order valence-corrected chi connectivity index (χ0v) is 28.9. The number of aromatic nitrogens is 2. The van der Waals surface area contributed by atoms with Crippen molar-refractivity contribution in [1.29, 1.82) is 0 Å². The van der Waals surface area contributed by atoms with Crippen molar-refractivity contribution >= 4 is 50.5 Å². The molecule has 8 nitrogen and oxygen atoms in total. The second kappa shape index (κ2) is 14.4. The van der Waals surface area contributed by atoms with Gasteiger partial charge in [-0.2, -0.15) is 22.6 Å². The van der Waals surface area contributed by atoms with Crippen molar-refractivity contribution in [3.63, 3.8) is 0 Å². The van der Waals surface area contributed by atoms with Crippen LogP contribution in [0.2, 0.25) is 10.0 Å². The molecule has 4 heterocycles. The van der Waals surface area contributed by atoms with Crippen LogP contribution in [0.3, 0.4) is 0 Å². The fourth-order valence-electron chi connectivity index (χ4n) is 5.67. The van der Waals surface area contributed by atoms with Crippen LogP contribution in [0.4, 0.5) is 17.6 Å². The van der Waals surface area contributed by atoms with Crippen molar-refractivity contribution in [3.05, 3.63) is 91.9 Å². The average molecular weight is 755 g/mol. The van der Waals surface area contributed by atoms with Crippen molar-refractivity contribution < 1.29 is 30.8 Å². The summed E-state index contributed by atoms with van der Waals surface area (Å²) < 4.78 is 83.1. The van der Waals surface area contributed by atoms with Crippen LogP contribution in [0, 0.1) is 11.8 Å². The van der Waals surface area contributed by atoms with Gasteiger partial charge in [0, 0.05) is 42.3 Å². The Balaban J connectivity index is 1.46. The minimum atomic E-state index is -4.47. The number of thiophene rings is 1. The lowest BCUT2D eigenvalue weighted by atomic mass is 10.1. The second-order valence-electron chi connectivity index (χ2n) is 11.7. The Kier molecular flexibility index (Phi) is 10.4. The van der Waals surface area contributed by atoms with Crippen LogP contribution in [0.15, 0.2) is 54.6 Å². The van der Waals surface area contributed by atoms with Gasteiger partial charge in [0.05, 0.1) is 37.5 Å². The normalized spacial score (nSPS) is 17.6. The third-order valence-electron chi connectivity index (χ3n) is 8.15. The number of halogens is 6. The number of carbonyl (C=O) groups excluding carboxylic acids is 1. The molecule has 2 saturated heterocycles. The van der Waals surface area contributed by atoms with Gasteiger partial charge in [0.25, 0.3) is 5.91 Å². The number of piperidine rings is 1. The summed E-state index contributed by atoms with van der Waals surface area (Å²) in [6.45, 7) is 0.960. The Labute approximate surface area is 294 Å². The van der Waals surface area contributed by atoms with E-state index >= 15 is 0 Å². The summed E-state index contributed by atoms with van der Waals surface area (Å²) in [5.74, 6) is 4.55. The van der Waals surface area contributed by atoms with E-state index in [0.29, 0.717) is 39.1 Å². The smallest absolute Gasteiger partial charge is 0.283 e. The van der Waals surface area contributed by atoms with Crippen molar-refractivity contribution in [1.82, 2.24) is 24.5 Å². The maximum absolute atomic E-state index is 14.1. The van der Waals surface area contributed by atoms with E-state index in [-0.39, 0.29) is 41.5 Å². The number of hydrazine groups is 1. The first-order chi connectivity index (χ1) is 23.3. The van der Waals surface area contributed by atoms with Crippen LogP contribution in [0.1, 0.15) is 57.7 Å². The van der Waals surface area contributed by atoms with E-state index in [4.69, 9.17) is 23.2 Å². The molecule has 4 aromatic rings. The summed E-state index contributed by atoms with van der Waals surface area (Å²) in [5.41, 5.74) is 2.98. The number of sulfonamides is 1. The van der Waals surface area contributed by atoms with Gasteiger partial charge in [-0.1, -0.05) is 41.5 Å². The monoisotopic (exact) mass is 753 g/mol. The molecule has 1 amide bonds. The molecule has 49 heavy (non-hydrogen) atoms. The third kappa shape index (κ3) is 8.14. The number of hydrogen-bond acceptors (Lipinski definition) is 6. The van der Waals surface area contributed by atoms with Gasteiger partial charge in [-0.25, -0.2) is 22.5 Å². The molecule has 0 unspecified atom stereocenters. The third-order valence-corrected chi connectivity index (χ3v) is 11.5. The van der Waals surface area contributed by atoms with Gasteiger partial charge in [-0.05, 0) is 73.9 Å². The molecule has 2 aliphatic heterocycles. The number of nitrogens with one attached hydrogen (secondary N) is 1. The van der Waals surface area contributed by atoms with Crippen molar-refractivity contribution in [3.8, 4) is 28.1 Å². The van der Waals surface area contributed by atoms with E-state index in [2.05, 4.69) is 22.4 Å². The molecule has 0 radical (unpaired) electrons. The highest BCUT2D eigenvalue weighted by Gasteiger charge is 2.36. The zero-order chi connectivity index (χ0) is 34.9. The predicted octanol–water partition coefficient (Wildman–Crippen LogP) is 7.33. The van der Waals surface area contributed by atoms with Crippen LogP contribution in [0.25, 0.3) is 16.3 Å². The molecular formula is C33H29Cl2F4N5O3S2. The average Bonchev–Trinajstić information content (AvgIpc) is 3.79. The van der Waals surface area contributed by atoms with Crippen molar-refractivity contribution in [2.75, 3.05) is 26.2 Å². The number of benzene rings is 2. The molecular weight excluding hydrogens is 725 g/mol. The number of hydrogen-bond donors (Lipinski definition) is 1. The second-order valence-corrected chi connectivity index (χ2v) is 15.6. The zero-order valence-electron chi connectivity index (χ0n) is 25.7. The lowest BCUT2D eigenvalue weighted by molar-refractivity contribution is -0.137. The Hall–Kier alpha value is -3.45. The molecule has 0 bridgehead atoms. The minimum absolute atomic E-state index is 0.00792. The van der Waals surface area contributed by atoms with E-state index in [1.165, 1.54) is 34.2 Å². The molecule has 2 fully saturated rings. The predicted molar refractivity (Wildman–Crippen MR) is 181 cm³/mol. The van der Waals surface area contributed by atoms with E-state index in [9.17, 15) is 30.8 Å². The Bertz CT molecular complexity index is 2030. The van der Waals surface area contributed by atoms with Crippen molar-refractivity contribution in [2.45, 2.75) is 43.8 Å². The summed E-state index contributed by atoms with van der Waals surface area (Å²) >= 11 is 14.0. The molecule has 258 valence electrons. The SMILES string of the molecule is O=C(NN1CCCCC1)c1nn(-c2ccc(Cl)cc2Cl)c(-c2ccc(C#Cc3ccc(C(F)(F)F)cc3)s2)c1CS(=O)(=O)N1CC[C@@H](F)C1. The number of alkyl halides is 4. The number of carbonyl (C=O) groups is 1. The molecule has 1 atom stereocenters. The van der Waals surface area contributed by atoms with Gasteiger partial charge >= 0.3 is 6.18 Å². The highest BCUT2D eigenvalue weighted by Crippen LogP contribution is 2.38. The molecule has 2 aromatic heterocycles. The Morgan fingerprint density at radius 3 is 2.39 bits per heavy atom. The van der Waals surface area contributed by atoms with Gasteiger partial charge in [-0.3, -0.25) is 10.2 Å². The van der Waals surface area contributed by atoms with Crippen LogP contribution < -0.4 is 5.43 Å². The summed E-state index contributed by atoms with van der Waals surface area (Å²) in [6, 6.07) is 12.5. The van der Waals surface area contributed by atoms with Gasteiger partial charge in [0.1, 0.15) is 6.17 Å². The van der Waals surface area contributed by atoms with Gasteiger partial charge in [-0.15, -0.1) is 11.3 Å². The summed E-state index contributed by atoms with van der Waals surface area (Å²) in [7, 11) is -4.12. The fourth-order valence-corrected chi connectivity index (χ4v) is 8.67. The first-order valence-corrected chi connectivity index (χ1v) is 18.5. The molecule has 1 N–H and O–H groups in total. The van der Waals surface area contributed by atoms with E-state index in [1.807, 2.05) is 0 Å². The molecule has 2 aliphatic rings. The van der Waals surface area contributed by atoms with Crippen LogP contribution in [-0.4, -0.2) is 65.8 Å². The molecule has 6 rings (SSSR count). The van der Waals surface area contributed by atoms with Crippen LogP contribution in [0.5, 0.6) is 0 Å². The van der Waals surface area contributed by atoms with E-state index < -0.39 is 39.6 Å². The standard InChI is InChI=1S/C33H29Cl2F4N5O3S2/c34-23-9-12-28(27(35)18-23)44-31(29-13-11-25(48-29)10-6-21-4-7-22(8-5-21)33(37,38)39)26(20-49(46,47)43-17-14-24(36)19-43)30(40-44)32(45)41-42-15-2-1-3-16-42/h4-5,7-9,11-13,18,24H,1-3,14-17,19-20H2,(H,41,45)/t24-/m1/s1. The molecule has 2 aromatic carbocycles. The number of rotatable bonds is 7. The van der Waals surface area contributed by atoms with Gasteiger partial charge in [0.2, 0.25) is 10.0 Å². The van der Waals surface area contributed by atoms with Crippen LogP contribution >= 0.6 is 34.5 Å². The fraction of sp³-hybridized carbons (Fsp3) is 0.333. The summed E-state index contributed by atoms with van der Waals surface area (Å²) in [5, 5.41) is 6.95. The lowest BCUT2D eigenvalue weighted by Crippen LogP contribution is -2.45. The highest BCUT2D eigenvalue weighted by molar-refractivity contribution is 7.88. The summed E-state index contributed by atoms with van der Waals surface area (Å²) in [4.78, 5) is 14.9. The first-order valence-electron chi connectivity index (χ1n) is 15.3. The molecule has 0 aliphatic carbocycles. The maximum Gasteiger partial charge on any atom is 0.416 e. The maximum atomic E-state index is 14.1. The first kappa shape index (κ1) is 35.4. The number of amides is 1. The van der Waals surface area contributed by atoms with Gasteiger partial charge in [0.15, 0.2) is 5.69 Å². The molecule has 0 spiro atoms. The Morgan fingerprint density at radius 1 is 1.00 bits per heavy atom. The lowest BCUT2D eigenvalue weighted by Gasteiger charge is -2.26. The summed E-state index contributed by atoms with van der Waals surface area (Å²) in [6.07, 6.45) is -2.91. The highest BCUT2D eigenvalue weighted by atomic mass is 35.5. The van der Waals surface area contributed by atoms with Crippen molar-refractivity contribution in [2.24, 2.45) is 0 Å². The Morgan fingerprint density at radius 2 is 1.73 bits per heavy atom.